The van der Waals surface area contributed by atoms with Gasteiger partial charge in [0.2, 0.25) is 10.0 Å². The van der Waals surface area contributed by atoms with Gasteiger partial charge >= 0.3 is 0 Å². The molecule has 12 heteroatoms. The molecule has 8 nitrogen and oxygen atoms in total. The number of halogens is 3. The summed E-state index contributed by atoms with van der Waals surface area (Å²) in [6.07, 6.45) is 8.90. The number of anilines is 1. The van der Waals surface area contributed by atoms with Crippen molar-refractivity contribution in [3.8, 4) is 5.75 Å². The van der Waals surface area contributed by atoms with E-state index in [4.69, 9.17) is 21.1 Å². The summed E-state index contributed by atoms with van der Waals surface area (Å²) in [6.45, 7) is 7.05. The first-order chi connectivity index (χ1) is 23.9. The maximum atomic E-state index is 13.7. The van der Waals surface area contributed by atoms with Crippen LogP contribution in [0.4, 0.5) is 14.5 Å². The third kappa shape index (κ3) is 9.00. The maximum absolute atomic E-state index is 13.7. The number of fused-ring (bicyclic) bond motifs is 3. The lowest BCUT2D eigenvalue weighted by atomic mass is 9.70. The summed E-state index contributed by atoms with van der Waals surface area (Å²) in [5, 5.41) is -0.121. The molecule has 2 aromatic carbocycles. The molecule has 4 aliphatic rings. The van der Waals surface area contributed by atoms with Crippen molar-refractivity contribution in [2.45, 2.75) is 89.1 Å². The summed E-state index contributed by atoms with van der Waals surface area (Å²) in [6, 6.07) is 11.0. The van der Waals surface area contributed by atoms with Crippen LogP contribution in [-0.2, 0) is 27.8 Å². The Morgan fingerprint density at radius 3 is 2.60 bits per heavy atom. The van der Waals surface area contributed by atoms with Gasteiger partial charge in [-0.1, -0.05) is 36.7 Å². The third-order valence-electron chi connectivity index (χ3n) is 11.3. The Morgan fingerprint density at radius 2 is 1.84 bits per heavy atom. The summed E-state index contributed by atoms with van der Waals surface area (Å²) in [5.41, 5.74) is 3.24. The van der Waals surface area contributed by atoms with E-state index in [9.17, 15) is 22.0 Å². The molecule has 1 amide bonds. The van der Waals surface area contributed by atoms with E-state index in [-0.39, 0.29) is 36.3 Å². The molecule has 0 radical (unpaired) electrons. The average Bonchev–Trinajstić information content (AvgIpc) is 3.09. The number of piperidine rings is 1. The Hall–Kier alpha value is -2.73. The first-order valence-corrected chi connectivity index (χ1v) is 20.0. The number of benzene rings is 2. The van der Waals surface area contributed by atoms with Crippen LogP contribution < -0.4 is 14.4 Å². The molecule has 0 spiro atoms. The van der Waals surface area contributed by atoms with E-state index in [1.54, 1.807) is 25.1 Å². The normalized spacial score (nSPS) is 29.6. The van der Waals surface area contributed by atoms with Crippen LogP contribution in [0.25, 0.3) is 0 Å². The fourth-order valence-electron chi connectivity index (χ4n) is 7.57. The molecular formula is C38H50ClF2N3O5S. The molecule has 274 valence electrons. The van der Waals surface area contributed by atoms with Gasteiger partial charge in [-0.2, -0.15) is 0 Å². The lowest BCUT2D eigenvalue weighted by molar-refractivity contribution is -0.0654. The Bertz CT molecular complexity index is 1650. The molecule has 2 aromatic rings. The number of aryl methyl sites for hydroxylation is 1. The summed E-state index contributed by atoms with van der Waals surface area (Å²) < 4.78 is 69.6. The summed E-state index contributed by atoms with van der Waals surface area (Å²) in [7, 11) is -3.97. The maximum Gasteiger partial charge on any atom is 0.264 e. The first-order valence-electron chi connectivity index (χ1n) is 18.1. The van der Waals surface area contributed by atoms with Crippen molar-refractivity contribution in [2.24, 2.45) is 17.8 Å². The predicted octanol–water partition coefficient (Wildman–Crippen LogP) is 7.25. The molecule has 3 aliphatic heterocycles. The van der Waals surface area contributed by atoms with E-state index in [1.807, 2.05) is 36.1 Å². The quantitative estimate of drug-likeness (QED) is 0.332. The number of hydrogen-bond acceptors (Lipinski definition) is 7. The molecule has 1 N–H and O–H groups in total. The first kappa shape index (κ1) is 37.0. The topological polar surface area (TPSA) is 88.2 Å². The zero-order valence-corrected chi connectivity index (χ0v) is 30.7. The molecule has 0 aromatic heterocycles. The number of nitrogens with one attached hydrogen (secondary N) is 1. The van der Waals surface area contributed by atoms with Crippen LogP contribution in [0, 0.1) is 17.8 Å². The molecule has 5 atom stereocenters. The SMILES string of the molecule is C[C@@H]1[C@@H](C)C/C=C/C(OCCN2CCC(F)(F)CC2)[C@@H]2CC[C@H]2CN2CCCCc3cc(Cl)ccc3COc3ccc(cc32)C(=O)NS1(=O)=O. The van der Waals surface area contributed by atoms with Crippen molar-refractivity contribution in [1.82, 2.24) is 9.62 Å². The minimum Gasteiger partial charge on any atom is -0.487 e. The summed E-state index contributed by atoms with van der Waals surface area (Å²) in [4.78, 5) is 17.8. The largest absolute Gasteiger partial charge is 0.487 e. The predicted molar refractivity (Wildman–Crippen MR) is 193 cm³/mol. The van der Waals surface area contributed by atoms with E-state index < -0.39 is 27.1 Å². The Morgan fingerprint density at radius 1 is 1.04 bits per heavy atom. The second-order valence-electron chi connectivity index (χ2n) is 14.6. The van der Waals surface area contributed by atoms with Crippen molar-refractivity contribution >= 4 is 33.2 Å². The van der Waals surface area contributed by atoms with Crippen LogP contribution in [0.5, 0.6) is 5.75 Å². The number of sulfonamides is 1. The highest BCUT2D eigenvalue weighted by atomic mass is 35.5. The summed E-state index contributed by atoms with van der Waals surface area (Å²) >= 11 is 6.35. The van der Waals surface area contributed by atoms with E-state index in [2.05, 4.69) is 15.7 Å². The number of allylic oxidation sites excluding steroid dienone is 1. The number of hydrogen-bond donors (Lipinski definition) is 1. The number of alkyl halides is 2. The van der Waals surface area contributed by atoms with Gasteiger partial charge in [0.05, 0.1) is 23.6 Å². The molecule has 1 unspecified atom stereocenters. The van der Waals surface area contributed by atoms with Crippen molar-refractivity contribution in [3.05, 3.63) is 70.3 Å². The number of amides is 1. The smallest absolute Gasteiger partial charge is 0.264 e. The molecule has 6 rings (SSSR count). The van der Waals surface area contributed by atoms with E-state index >= 15 is 0 Å². The lowest BCUT2D eigenvalue weighted by Crippen LogP contribution is -2.45. The lowest BCUT2D eigenvalue weighted by Gasteiger charge is -2.44. The molecule has 1 saturated heterocycles. The number of nitrogens with zero attached hydrogens (tertiary/aromatic N) is 2. The highest BCUT2D eigenvalue weighted by Gasteiger charge is 2.39. The van der Waals surface area contributed by atoms with Gasteiger partial charge in [-0.25, -0.2) is 21.9 Å². The molecule has 2 fully saturated rings. The summed E-state index contributed by atoms with van der Waals surface area (Å²) in [5.74, 6) is -2.32. The number of carbonyl (C=O) groups is 1. The fourth-order valence-corrected chi connectivity index (χ4v) is 9.05. The molecule has 1 aliphatic carbocycles. The van der Waals surface area contributed by atoms with Crippen LogP contribution >= 0.6 is 11.6 Å². The monoisotopic (exact) mass is 733 g/mol. The van der Waals surface area contributed by atoms with Gasteiger partial charge in [0.25, 0.3) is 11.8 Å². The number of likely N-dealkylation sites (tertiary alicyclic amines) is 1. The molecular weight excluding hydrogens is 684 g/mol. The number of carbonyl (C=O) groups excluding carboxylic acids is 1. The van der Waals surface area contributed by atoms with Crippen LogP contribution in [-0.4, -0.2) is 75.8 Å². The highest BCUT2D eigenvalue weighted by molar-refractivity contribution is 7.90. The van der Waals surface area contributed by atoms with Crippen LogP contribution in [0.1, 0.15) is 80.3 Å². The number of ether oxygens (including phenoxy) is 2. The third-order valence-corrected chi connectivity index (χ3v) is 13.4. The standard InChI is InChI=1S/C38H50ClF2N3O5S/c1-26-6-5-8-35(48-21-20-43-18-15-38(40,41)16-19-43)33-13-10-30(33)24-44-17-4-3-7-28-22-32(39)12-9-31(28)25-49-36-14-11-29(23-34(36)44)37(45)42-50(46,47)27(26)2/h5,8-9,11-12,14,22-23,26-27,30,33,35H,3-4,6-7,10,13,15-21,24-25H2,1-2H3,(H,42,45)/b8-5+/t26-,27+,30-,33+,35?/m0/s1. The van der Waals surface area contributed by atoms with Crippen LogP contribution in [0.2, 0.25) is 5.02 Å². The van der Waals surface area contributed by atoms with E-state index in [0.29, 0.717) is 56.0 Å². The van der Waals surface area contributed by atoms with Gasteiger partial charge in [0.15, 0.2) is 0 Å². The van der Waals surface area contributed by atoms with Crippen LogP contribution in [0.15, 0.2) is 48.6 Å². The van der Waals surface area contributed by atoms with Gasteiger partial charge in [-0.15, -0.1) is 0 Å². The van der Waals surface area contributed by atoms with Crippen molar-refractivity contribution in [1.29, 1.82) is 0 Å². The Balaban J connectivity index is 1.29. The zero-order valence-electron chi connectivity index (χ0n) is 29.1. The van der Waals surface area contributed by atoms with E-state index in [1.165, 1.54) is 0 Å². The minimum absolute atomic E-state index is 0.122. The average molecular weight is 734 g/mol. The molecule has 3 heterocycles. The second kappa shape index (κ2) is 15.9. The molecule has 50 heavy (non-hydrogen) atoms. The molecule has 2 bridgehead atoms. The highest BCUT2D eigenvalue weighted by Crippen LogP contribution is 2.42. The van der Waals surface area contributed by atoms with Crippen LogP contribution in [0.3, 0.4) is 0 Å². The van der Waals surface area contributed by atoms with Gasteiger partial charge in [-0.3, -0.25) is 4.79 Å². The second-order valence-corrected chi connectivity index (χ2v) is 17.1. The van der Waals surface area contributed by atoms with Gasteiger partial charge in [-0.05, 0) is 105 Å². The Labute approximate surface area is 300 Å². The van der Waals surface area contributed by atoms with Crippen molar-refractivity contribution in [3.63, 3.8) is 0 Å². The van der Waals surface area contributed by atoms with Gasteiger partial charge in [0.1, 0.15) is 12.4 Å². The van der Waals surface area contributed by atoms with Gasteiger partial charge in [0, 0.05) is 56.2 Å². The van der Waals surface area contributed by atoms with Crippen molar-refractivity contribution in [2.75, 3.05) is 44.2 Å². The number of rotatable bonds is 4. The van der Waals surface area contributed by atoms with Gasteiger partial charge < -0.3 is 19.3 Å². The van der Waals surface area contributed by atoms with Crippen molar-refractivity contribution < 1.29 is 31.5 Å². The zero-order chi connectivity index (χ0) is 35.5. The Kier molecular flexibility index (Phi) is 11.8. The molecule has 1 saturated carbocycles. The minimum atomic E-state index is -3.97. The fraction of sp³-hybridized carbons (Fsp3) is 0.605. The van der Waals surface area contributed by atoms with E-state index in [0.717, 1.165) is 62.0 Å².